The molecule has 1 N–H and O–H groups in total. The largest absolute Gasteiger partial charge is 0.483 e. The van der Waals surface area contributed by atoms with Crippen molar-refractivity contribution in [1.29, 1.82) is 0 Å². The maximum Gasteiger partial charge on any atom is 0.233 e. The van der Waals surface area contributed by atoms with E-state index in [0.29, 0.717) is 11.0 Å². The van der Waals surface area contributed by atoms with E-state index in [0.717, 1.165) is 11.3 Å². The van der Waals surface area contributed by atoms with Crippen molar-refractivity contribution in [2.24, 2.45) is 0 Å². The van der Waals surface area contributed by atoms with Gasteiger partial charge in [0.2, 0.25) is 5.91 Å². The lowest BCUT2D eigenvalue weighted by molar-refractivity contribution is -0.120. The van der Waals surface area contributed by atoms with Gasteiger partial charge in [0.1, 0.15) is 12.4 Å². The van der Waals surface area contributed by atoms with Gasteiger partial charge in [-0.05, 0) is 55.8 Å². The van der Waals surface area contributed by atoms with E-state index >= 15 is 0 Å². The van der Waals surface area contributed by atoms with Crippen LogP contribution >= 0.6 is 11.8 Å². The molecule has 0 saturated heterocycles. The number of carbonyl (C=O) groups is 1. The van der Waals surface area contributed by atoms with E-state index in [-0.39, 0.29) is 30.1 Å². The molecule has 2 atom stereocenters. The smallest absolute Gasteiger partial charge is 0.233 e. The van der Waals surface area contributed by atoms with Gasteiger partial charge in [-0.3, -0.25) is 9.36 Å². The third kappa shape index (κ3) is 6.05. The monoisotopic (exact) mass is 494 g/mol. The van der Waals surface area contributed by atoms with Gasteiger partial charge >= 0.3 is 0 Å². The van der Waals surface area contributed by atoms with Gasteiger partial charge in [0.05, 0.1) is 11.3 Å². The van der Waals surface area contributed by atoms with Gasteiger partial charge in [0.15, 0.2) is 22.5 Å². The molecule has 4 aromatic rings. The molecule has 6 nitrogen and oxygen atoms in total. The van der Waals surface area contributed by atoms with E-state index in [1.807, 2.05) is 37.3 Å². The van der Waals surface area contributed by atoms with Gasteiger partial charge in [-0.25, -0.2) is 8.78 Å². The molecule has 180 valence electrons. The van der Waals surface area contributed by atoms with Crippen LogP contribution in [-0.2, 0) is 11.4 Å². The molecule has 0 aliphatic carbocycles. The van der Waals surface area contributed by atoms with Crippen LogP contribution in [0.4, 0.5) is 8.78 Å². The predicted molar refractivity (Wildman–Crippen MR) is 130 cm³/mol. The summed E-state index contributed by atoms with van der Waals surface area (Å²) in [6, 6.07) is 21.3. The maximum absolute atomic E-state index is 14.0. The van der Waals surface area contributed by atoms with Crippen molar-refractivity contribution in [3.63, 3.8) is 0 Å². The average molecular weight is 495 g/mol. The van der Waals surface area contributed by atoms with Crippen LogP contribution in [0.5, 0.6) is 5.75 Å². The zero-order valence-corrected chi connectivity index (χ0v) is 20.0. The molecule has 0 aliphatic rings. The van der Waals surface area contributed by atoms with Crippen LogP contribution in [0.15, 0.2) is 84.0 Å². The molecular weight excluding hydrogens is 470 g/mol. The molecule has 1 amide bonds. The first-order chi connectivity index (χ1) is 16.9. The quantitative estimate of drug-likeness (QED) is 0.312. The van der Waals surface area contributed by atoms with Crippen molar-refractivity contribution >= 4 is 17.7 Å². The predicted octanol–water partition coefficient (Wildman–Crippen LogP) is 5.48. The summed E-state index contributed by atoms with van der Waals surface area (Å²) in [5.74, 6) is -0.403. The fourth-order valence-corrected chi connectivity index (χ4v) is 4.28. The second kappa shape index (κ2) is 11.1. The Balaban J connectivity index is 1.50. The van der Waals surface area contributed by atoms with Gasteiger partial charge in [0.25, 0.3) is 0 Å². The van der Waals surface area contributed by atoms with Crippen molar-refractivity contribution in [1.82, 2.24) is 20.1 Å². The van der Waals surface area contributed by atoms with E-state index in [1.54, 1.807) is 41.8 Å². The third-order valence-electron chi connectivity index (χ3n) is 5.29. The van der Waals surface area contributed by atoms with E-state index < -0.39 is 11.1 Å². The minimum absolute atomic E-state index is 0.00837. The average Bonchev–Trinajstić information content (AvgIpc) is 3.26. The number of halogens is 2. The SMILES string of the molecule is CC(Sc1nnc(COc2ccccc2F)n1-c1ccccc1)C(=O)NC(C)c1ccc(F)cc1. The minimum Gasteiger partial charge on any atom is -0.483 e. The summed E-state index contributed by atoms with van der Waals surface area (Å²) in [4.78, 5) is 12.9. The van der Waals surface area contributed by atoms with Gasteiger partial charge < -0.3 is 10.1 Å². The first kappa shape index (κ1) is 24.4. The Morgan fingerprint density at radius 2 is 1.66 bits per heavy atom. The highest BCUT2D eigenvalue weighted by Crippen LogP contribution is 2.27. The topological polar surface area (TPSA) is 69.0 Å². The number of ether oxygens (including phenoxy) is 1. The van der Waals surface area contributed by atoms with E-state index in [2.05, 4.69) is 15.5 Å². The molecule has 35 heavy (non-hydrogen) atoms. The number of benzene rings is 3. The number of hydrogen-bond acceptors (Lipinski definition) is 5. The molecule has 0 aliphatic heterocycles. The normalized spacial score (nSPS) is 12.7. The first-order valence-corrected chi connectivity index (χ1v) is 11.9. The lowest BCUT2D eigenvalue weighted by Crippen LogP contribution is -2.33. The highest BCUT2D eigenvalue weighted by molar-refractivity contribution is 8.00. The fraction of sp³-hybridized carbons (Fsp3) is 0.192. The first-order valence-electron chi connectivity index (χ1n) is 11.0. The zero-order valence-electron chi connectivity index (χ0n) is 19.2. The number of para-hydroxylation sites is 2. The Bertz CT molecular complexity index is 1280. The number of aromatic nitrogens is 3. The lowest BCUT2D eigenvalue weighted by Gasteiger charge is -2.18. The molecular formula is C26H24F2N4O2S. The lowest BCUT2D eigenvalue weighted by atomic mass is 10.1. The molecule has 2 unspecified atom stereocenters. The second-order valence-corrected chi connectivity index (χ2v) is 9.14. The maximum atomic E-state index is 14.0. The molecule has 4 rings (SSSR count). The highest BCUT2D eigenvalue weighted by atomic mass is 32.2. The molecule has 3 aromatic carbocycles. The van der Waals surface area contributed by atoms with Crippen molar-refractivity contribution < 1.29 is 18.3 Å². The summed E-state index contributed by atoms with van der Waals surface area (Å²) in [5, 5.41) is 11.5. The molecule has 0 spiro atoms. The van der Waals surface area contributed by atoms with Crippen molar-refractivity contribution in [3.8, 4) is 11.4 Å². The minimum atomic E-state index is -0.495. The number of thioether (sulfide) groups is 1. The Kier molecular flexibility index (Phi) is 7.77. The summed E-state index contributed by atoms with van der Waals surface area (Å²) in [6.07, 6.45) is 0. The molecule has 1 aromatic heterocycles. The fourth-order valence-electron chi connectivity index (χ4n) is 3.39. The van der Waals surface area contributed by atoms with Crippen LogP contribution in [0.1, 0.15) is 31.3 Å². The summed E-state index contributed by atoms with van der Waals surface area (Å²) < 4.78 is 34.6. The third-order valence-corrected chi connectivity index (χ3v) is 6.33. The Labute approximate surface area is 206 Å². The van der Waals surface area contributed by atoms with Gasteiger partial charge in [0, 0.05) is 5.69 Å². The number of nitrogens with one attached hydrogen (secondary N) is 1. The van der Waals surface area contributed by atoms with Crippen molar-refractivity contribution in [2.45, 2.75) is 36.9 Å². The zero-order chi connectivity index (χ0) is 24.8. The summed E-state index contributed by atoms with van der Waals surface area (Å²) >= 11 is 1.25. The summed E-state index contributed by atoms with van der Waals surface area (Å²) in [6.45, 7) is 3.61. The summed E-state index contributed by atoms with van der Waals surface area (Å²) in [5.41, 5.74) is 1.59. The van der Waals surface area contributed by atoms with Crippen molar-refractivity contribution in [2.75, 3.05) is 0 Å². The number of hydrogen-bond donors (Lipinski definition) is 1. The van der Waals surface area contributed by atoms with Crippen LogP contribution in [0.25, 0.3) is 5.69 Å². The summed E-state index contributed by atoms with van der Waals surface area (Å²) in [7, 11) is 0. The van der Waals surface area contributed by atoms with E-state index in [4.69, 9.17) is 4.74 Å². The number of amides is 1. The number of rotatable bonds is 9. The number of carbonyl (C=O) groups excluding carboxylic acids is 1. The van der Waals surface area contributed by atoms with Gasteiger partial charge in [-0.1, -0.05) is 54.2 Å². The second-order valence-electron chi connectivity index (χ2n) is 7.83. The van der Waals surface area contributed by atoms with E-state index in [1.165, 1.54) is 30.0 Å². The molecule has 1 heterocycles. The Morgan fingerprint density at radius 3 is 2.37 bits per heavy atom. The Hall–Kier alpha value is -3.72. The van der Waals surface area contributed by atoms with Gasteiger partial charge in [-0.15, -0.1) is 10.2 Å². The van der Waals surface area contributed by atoms with Crippen LogP contribution in [0.3, 0.4) is 0 Å². The Morgan fingerprint density at radius 1 is 0.971 bits per heavy atom. The molecule has 0 radical (unpaired) electrons. The highest BCUT2D eigenvalue weighted by Gasteiger charge is 2.23. The van der Waals surface area contributed by atoms with Crippen LogP contribution in [-0.4, -0.2) is 25.9 Å². The van der Waals surface area contributed by atoms with E-state index in [9.17, 15) is 13.6 Å². The van der Waals surface area contributed by atoms with Crippen LogP contribution in [0.2, 0.25) is 0 Å². The van der Waals surface area contributed by atoms with Crippen LogP contribution < -0.4 is 10.1 Å². The molecule has 0 bridgehead atoms. The van der Waals surface area contributed by atoms with Gasteiger partial charge in [-0.2, -0.15) is 0 Å². The molecule has 9 heteroatoms. The standard InChI is InChI=1S/C26H24F2N4O2S/c1-17(19-12-14-20(27)15-13-19)29-25(33)18(2)35-26-31-30-24(32(26)21-8-4-3-5-9-21)16-34-23-11-7-6-10-22(23)28/h3-15,17-18H,16H2,1-2H3,(H,29,33). The molecule has 0 saturated carbocycles. The number of nitrogens with zero attached hydrogens (tertiary/aromatic N) is 3. The molecule has 0 fully saturated rings. The van der Waals surface area contributed by atoms with Crippen molar-refractivity contribution in [3.05, 3.63) is 102 Å². The van der Waals surface area contributed by atoms with Crippen LogP contribution in [0, 0.1) is 11.6 Å².